The molecule has 278 valence electrons. The minimum atomic E-state index is -1.77. The van der Waals surface area contributed by atoms with Crippen molar-refractivity contribution in [1.29, 1.82) is 0 Å². The molecule has 4 saturated carbocycles. The van der Waals surface area contributed by atoms with Gasteiger partial charge in [0.05, 0.1) is 35.9 Å². The first kappa shape index (κ1) is 38.3. The highest BCUT2D eigenvalue weighted by atomic mass is 16.7. The van der Waals surface area contributed by atoms with Crippen LogP contribution in [0.4, 0.5) is 0 Å². The van der Waals surface area contributed by atoms with Crippen LogP contribution in [0.1, 0.15) is 99.8 Å². The lowest BCUT2D eigenvalue weighted by molar-refractivity contribution is -0.303. The molecular formula is C36H62O12. The number of carbonyl (C=O) groups is 1. The van der Waals surface area contributed by atoms with Crippen LogP contribution in [-0.2, 0) is 14.3 Å². The van der Waals surface area contributed by atoms with Crippen LogP contribution in [0, 0.1) is 51.2 Å². The number of aliphatic hydroxyl groups excluding tert-OH is 8. The van der Waals surface area contributed by atoms with Crippen LogP contribution < -0.4 is 0 Å². The van der Waals surface area contributed by atoms with Gasteiger partial charge < -0.3 is 55.4 Å². The minimum Gasteiger partial charge on any atom is -0.432 e. The molecule has 0 aromatic heterocycles. The summed E-state index contributed by atoms with van der Waals surface area (Å²) in [6, 6.07) is 0. The van der Waals surface area contributed by atoms with Gasteiger partial charge in [-0.05, 0) is 106 Å². The first-order chi connectivity index (χ1) is 22.1. The first-order valence-electron chi connectivity index (χ1n) is 18.1. The first-order valence-corrected chi connectivity index (χ1v) is 18.1. The molecule has 0 bridgehead atoms. The third-order valence-corrected chi connectivity index (χ3v) is 15.2. The molecule has 18 atom stereocenters. The summed E-state index contributed by atoms with van der Waals surface area (Å²) >= 11 is 0. The Kier molecular flexibility index (Phi) is 10.3. The molecule has 0 aromatic carbocycles. The fourth-order valence-corrected chi connectivity index (χ4v) is 11.9. The molecule has 1 aliphatic heterocycles. The lowest BCUT2D eigenvalue weighted by Crippen LogP contribution is -2.68. The number of ether oxygens (including phenoxy) is 2. The van der Waals surface area contributed by atoms with Crippen LogP contribution in [0.15, 0.2) is 0 Å². The van der Waals surface area contributed by atoms with Crippen LogP contribution in [0.25, 0.3) is 0 Å². The van der Waals surface area contributed by atoms with E-state index in [0.29, 0.717) is 12.8 Å². The minimum absolute atomic E-state index is 0.0361. The molecule has 1 saturated heterocycles. The van der Waals surface area contributed by atoms with Gasteiger partial charge in [-0.25, -0.2) is 0 Å². The number of aliphatic hydroxyl groups is 9. The van der Waals surface area contributed by atoms with Crippen LogP contribution in [0.5, 0.6) is 0 Å². The van der Waals surface area contributed by atoms with Crippen molar-refractivity contribution in [3.05, 3.63) is 0 Å². The van der Waals surface area contributed by atoms with E-state index >= 15 is 0 Å². The Balaban J connectivity index is 1.39. The standard InChI is InChI=1S/C36H62O12/c1-17(14-21(38)29(44)32(2,3)46)18-10-12-34(5)19-8-9-23-35(6,20(19)11-13-33(18,34)4)24(39)15-25(40)36(23,7)31(45)48-30-28(43)27(42)26(41)22(16-37)47-30/h17-30,37-44,46H,8-16H2,1-7H3. The second-order valence-corrected chi connectivity index (χ2v) is 17.8. The van der Waals surface area contributed by atoms with E-state index in [0.717, 1.165) is 32.1 Å². The number of esters is 1. The topological polar surface area (TPSA) is 218 Å². The molecule has 12 heteroatoms. The summed E-state index contributed by atoms with van der Waals surface area (Å²) < 4.78 is 11.1. The number of hydrogen-bond acceptors (Lipinski definition) is 12. The molecule has 1 heterocycles. The third-order valence-electron chi connectivity index (χ3n) is 15.2. The second kappa shape index (κ2) is 12.9. The Hall–Kier alpha value is -0.930. The summed E-state index contributed by atoms with van der Waals surface area (Å²) in [5.41, 5.74) is -3.79. The van der Waals surface area contributed by atoms with Crippen LogP contribution in [-0.4, -0.2) is 119 Å². The molecule has 48 heavy (non-hydrogen) atoms. The van der Waals surface area contributed by atoms with Crippen LogP contribution >= 0.6 is 0 Å². The van der Waals surface area contributed by atoms with Crippen LogP contribution in [0.2, 0.25) is 0 Å². The van der Waals surface area contributed by atoms with Crippen molar-refractivity contribution in [2.24, 2.45) is 51.2 Å². The van der Waals surface area contributed by atoms with Crippen molar-refractivity contribution in [1.82, 2.24) is 0 Å². The fraction of sp³-hybridized carbons (Fsp3) is 0.972. The predicted molar refractivity (Wildman–Crippen MR) is 173 cm³/mol. The Morgan fingerprint density at radius 2 is 1.50 bits per heavy atom. The zero-order chi connectivity index (χ0) is 35.9. The summed E-state index contributed by atoms with van der Waals surface area (Å²) in [6.45, 7) is 12.9. The van der Waals surface area contributed by atoms with Gasteiger partial charge in [0.2, 0.25) is 6.29 Å². The second-order valence-electron chi connectivity index (χ2n) is 17.8. The summed E-state index contributed by atoms with van der Waals surface area (Å²) in [5, 5.41) is 95.6. The van der Waals surface area contributed by atoms with Gasteiger partial charge in [0.1, 0.15) is 30.5 Å². The van der Waals surface area contributed by atoms with E-state index in [2.05, 4.69) is 20.8 Å². The molecule has 0 aromatic rings. The number of carbonyl (C=O) groups excluding carboxylic acids is 1. The Bertz CT molecular complexity index is 1180. The van der Waals surface area contributed by atoms with Gasteiger partial charge in [0, 0.05) is 11.8 Å². The lowest BCUT2D eigenvalue weighted by atomic mass is 9.37. The number of fused-ring (bicyclic) bond motifs is 5. The summed E-state index contributed by atoms with van der Waals surface area (Å²) in [5.74, 6) is -0.623. The molecule has 5 fully saturated rings. The average Bonchev–Trinajstić information content (AvgIpc) is 3.30. The number of rotatable bonds is 8. The maximum atomic E-state index is 14.1. The van der Waals surface area contributed by atoms with Gasteiger partial charge in [-0.2, -0.15) is 0 Å². The maximum absolute atomic E-state index is 14.1. The van der Waals surface area contributed by atoms with Crippen molar-refractivity contribution in [2.45, 2.75) is 161 Å². The summed E-state index contributed by atoms with van der Waals surface area (Å²) in [7, 11) is 0. The van der Waals surface area contributed by atoms with Gasteiger partial charge in [-0.1, -0.05) is 27.7 Å². The molecule has 18 unspecified atom stereocenters. The Morgan fingerprint density at radius 1 is 0.875 bits per heavy atom. The molecule has 0 radical (unpaired) electrons. The van der Waals surface area contributed by atoms with Crippen molar-refractivity contribution < 1.29 is 60.2 Å². The van der Waals surface area contributed by atoms with E-state index in [1.54, 1.807) is 6.92 Å². The third kappa shape index (κ3) is 5.60. The highest BCUT2D eigenvalue weighted by molar-refractivity contribution is 5.78. The monoisotopic (exact) mass is 686 g/mol. The quantitative estimate of drug-likeness (QED) is 0.162. The normalized spacial score (nSPS) is 51.2. The Morgan fingerprint density at radius 3 is 2.10 bits per heavy atom. The van der Waals surface area contributed by atoms with Gasteiger partial charge in [-0.15, -0.1) is 0 Å². The van der Waals surface area contributed by atoms with Crippen LogP contribution in [0.3, 0.4) is 0 Å². The molecule has 0 spiro atoms. The molecule has 5 rings (SSSR count). The Labute approximate surface area is 284 Å². The van der Waals surface area contributed by atoms with Gasteiger partial charge >= 0.3 is 5.97 Å². The predicted octanol–water partition coefficient (Wildman–Crippen LogP) is 0.845. The van der Waals surface area contributed by atoms with Crippen molar-refractivity contribution >= 4 is 5.97 Å². The van der Waals surface area contributed by atoms with E-state index in [1.165, 1.54) is 13.8 Å². The van der Waals surface area contributed by atoms with Crippen molar-refractivity contribution in [2.75, 3.05) is 6.61 Å². The SMILES string of the molecule is CC(CC(O)C(O)C(C)(C)O)C1CCC2(C)C3CCC4C(C)(C(=O)OC5OC(CO)C(O)C(O)C5O)C(O)CC(O)C4(C)C3CCC12C. The average molecular weight is 687 g/mol. The zero-order valence-corrected chi connectivity index (χ0v) is 29.7. The van der Waals surface area contributed by atoms with Gasteiger partial charge in [0.25, 0.3) is 0 Å². The molecule has 9 N–H and O–H groups in total. The fourth-order valence-electron chi connectivity index (χ4n) is 11.9. The van der Waals surface area contributed by atoms with E-state index in [9.17, 15) is 50.8 Å². The molecule has 12 nitrogen and oxygen atoms in total. The molecular weight excluding hydrogens is 624 g/mol. The number of hydrogen-bond donors (Lipinski definition) is 9. The zero-order valence-electron chi connectivity index (χ0n) is 29.7. The van der Waals surface area contributed by atoms with Crippen molar-refractivity contribution in [3.63, 3.8) is 0 Å². The van der Waals surface area contributed by atoms with E-state index in [4.69, 9.17) is 9.47 Å². The van der Waals surface area contributed by atoms with E-state index in [1.807, 2.05) is 6.92 Å². The van der Waals surface area contributed by atoms with Crippen molar-refractivity contribution in [3.8, 4) is 0 Å². The smallest absolute Gasteiger partial charge is 0.317 e. The van der Waals surface area contributed by atoms with Gasteiger partial charge in [0.15, 0.2) is 0 Å². The molecule has 0 amide bonds. The highest BCUT2D eigenvalue weighted by Gasteiger charge is 2.71. The summed E-state index contributed by atoms with van der Waals surface area (Å²) in [4.78, 5) is 14.1. The molecule has 5 aliphatic rings. The maximum Gasteiger partial charge on any atom is 0.317 e. The van der Waals surface area contributed by atoms with E-state index in [-0.39, 0.29) is 40.9 Å². The van der Waals surface area contributed by atoms with E-state index < -0.39 is 90.0 Å². The molecule has 4 aliphatic carbocycles. The van der Waals surface area contributed by atoms with Gasteiger partial charge in [-0.3, -0.25) is 4.79 Å². The summed E-state index contributed by atoms with van der Waals surface area (Å²) in [6.07, 6.45) is -7.13. The largest absolute Gasteiger partial charge is 0.432 e. The lowest BCUT2D eigenvalue weighted by Gasteiger charge is -2.68. The highest BCUT2D eigenvalue weighted by Crippen LogP contribution is 2.74.